The van der Waals surface area contributed by atoms with Gasteiger partial charge in [0, 0.05) is 27.7 Å². The summed E-state index contributed by atoms with van der Waals surface area (Å²) >= 11 is 0. The molecule has 1 heterocycles. The van der Waals surface area contributed by atoms with Gasteiger partial charge < -0.3 is 23.7 Å². The Hall–Kier alpha value is -0.612. The molecule has 1 aliphatic heterocycles. The van der Waals surface area contributed by atoms with Gasteiger partial charge in [0.05, 0.1) is 33.0 Å². The van der Waals surface area contributed by atoms with Crippen molar-refractivity contribution in [3.63, 3.8) is 0 Å². The molecule has 0 radical (unpaired) electrons. The molecule has 2 rings (SSSR count). The second-order valence-electron chi connectivity index (χ2n) is 5.86. The average molecular weight is 534 g/mol. The third-order valence-electron chi connectivity index (χ3n) is 3.86. The van der Waals surface area contributed by atoms with Crippen molar-refractivity contribution >= 4 is 0 Å². The number of aryl methyl sites for hydroxylation is 1. The van der Waals surface area contributed by atoms with Crippen LogP contribution in [0.5, 0.6) is 11.5 Å². The van der Waals surface area contributed by atoms with Crippen LogP contribution in [0.3, 0.4) is 0 Å². The van der Waals surface area contributed by atoms with E-state index in [0.29, 0.717) is 39.8 Å². The Morgan fingerprint density at radius 1 is 0.800 bits per heavy atom. The van der Waals surface area contributed by atoms with E-state index in [1.54, 1.807) is 0 Å². The molecule has 1 aliphatic rings. The molecule has 0 unspecified atom stereocenters. The fourth-order valence-electron chi connectivity index (χ4n) is 2.53. The molecule has 1 aromatic carbocycles. The van der Waals surface area contributed by atoms with Crippen LogP contribution in [-0.2, 0) is 48.3 Å². The Bertz CT molecular complexity index is 481. The Morgan fingerprint density at radius 3 is 2.04 bits per heavy atom. The normalized spacial score (nSPS) is 12.2. The van der Waals surface area contributed by atoms with Crippen LogP contribution in [0, 0.1) is 0 Å². The Balaban J connectivity index is 0.00000312. The maximum Gasteiger partial charge on any atom is 0.231 e. The summed E-state index contributed by atoms with van der Waals surface area (Å²) < 4.78 is 27.6. The van der Waals surface area contributed by atoms with Gasteiger partial charge >= 0.3 is 0 Å². The topological polar surface area (TPSA) is 46.2 Å². The van der Waals surface area contributed by atoms with E-state index >= 15 is 0 Å². The fraction of sp³-hybridized carbons (Fsp3) is 0.684. The smallest absolute Gasteiger partial charge is 0.231 e. The molecule has 0 amide bonds. The van der Waals surface area contributed by atoms with Gasteiger partial charge in [-0.15, -0.1) is 0 Å². The second kappa shape index (κ2) is 13.6. The maximum absolute atomic E-state index is 5.75. The molecule has 0 atom stereocenters. The van der Waals surface area contributed by atoms with E-state index in [-0.39, 0.29) is 21.1 Å². The fourth-order valence-corrected chi connectivity index (χ4v) is 2.53. The quantitative estimate of drug-likeness (QED) is 0.362. The molecule has 25 heavy (non-hydrogen) atoms. The number of benzene rings is 1. The van der Waals surface area contributed by atoms with Gasteiger partial charge in [-0.1, -0.05) is 26.7 Å². The summed E-state index contributed by atoms with van der Waals surface area (Å²) in [5.74, 6) is 1.66. The molecule has 0 saturated heterocycles. The van der Waals surface area contributed by atoms with Crippen LogP contribution in [0.1, 0.15) is 44.2 Å². The van der Waals surface area contributed by atoms with E-state index in [9.17, 15) is 0 Å². The number of fused-ring (bicyclic) bond motifs is 1. The number of hydrogen-bond acceptors (Lipinski definition) is 5. The molecular formula is C19H30O5Pt. The second-order valence-corrected chi connectivity index (χ2v) is 5.86. The van der Waals surface area contributed by atoms with Crippen molar-refractivity contribution in [1.29, 1.82) is 0 Å². The summed E-state index contributed by atoms with van der Waals surface area (Å²) in [6, 6.07) is 4.12. The average Bonchev–Trinajstić information content (AvgIpc) is 3.04. The van der Waals surface area contributed by atoms with Crippen molar-refractivity contribution in [2.75, 3.05) is 39.8 Å². The van der Waals surface area contributed by atoms with Gasteiger partial charge in [0.15, 0.2) is 11.5 Å². The number of rotatable bonds is 13. The van der Waals surface area contributed by atoms with Gasteiger partial charge in [-0.3, -0.25) is 0 Å². The summed E-state index contributed by atoms with van der Waals surface area (Å²) in [6.45, 7) is 8.47. The zero-order valence-electron chi connectivity index (χ0n) is 15.3. The first-order valence-corrected chi connectivity index (χ1v) is 8.99. The third kappa shape index (κ3) is 8.08. The third-order valence-corrected chi connectivity index (χ3v) is 3.86. The van der Waals surface area contributed by atoms with Crippen molar-refractivity contribution in [2.45, 2.75) is 46.1 Å². The Morgan fingerprint density at radius 2 is 1.40 bits per heavy atom. The summed E-state index contributed by atoms with van der Waals surface area (Å²) in [5.41, 5.74) is 2.44. The van der Waals surface area contributed by atoms with E-state index in [1.165, 1.54) is 11.1 Å². The minimum atomic E-state index is 0. The van der Waals surface area contributed by atoms with Gasteiger partial charge in [0.2, 0.25) is 6.79 Å². The molecule has 0 saturated carbocycles. The number of unbranched alkanes of at least 4 members (excludes halogenated alkanes) is 1. The monoisotopic (exact) mass is 533 g/mol. The molecule has 0 spiro atoms. The van der Waals surface area contributed by atoms with Crippen LogP contribution in [0.4, 0.5) is 0 Å². The maximum atomic E-state index is 5.75. The summed E-state index contributed by atoms with van der Waals surface area (Å²) in [7, 11) is 0. The first-order chi connectivity index (χ1) is 11.8. The Kier molecular flexibility index (Phi) is 12.2. The standard InChI is InChI=1S/C19H30O5.Pt/c1-3-5-7-20-8-9-21-10-11-22-14-17-13-19-18(23-15-24-19)12-16(17)6-4-2;/h12-13H,3-11,14-15H2,1-2H3;. The summed E-state index contributed by atoms with van der Waals surface area (Å²) in [5, 5.41) is 0. The van der Waals surface area contributed by atoms with Gasteiger partial charge in [-0.05, 0) is 36.1 Å². The van der Waals surface area contributed by atoms with E-state index in [4.69, 9.17) is 23.7 Å². The first kappa shape index (κ1) is 22.4. The van der Waals surface area contributed by atoms with Gasteiger partial charge in [-0.25, -0.2) is 0 Å². The predicted octanol–water partition coefficient (Wildman–Crippen LogP) is 3.72. The SMILES string of the molecule is CCCCOCCOCCOCc1cc2c(cc1CCC)OCO2.[Pt]. The van der Waals surface area contributed by atoms with Crippen LogP contribution in [0.15, 0.2) is 12.1 Å². The van der Waals surface area contributed by atoms with Gasteiger partial charge in [0.1, 0.15) is 0 Å². The van der Waals surface area contributed by atoms with E-state index in [2.05, 4.69) is 19.9 Å². The molecule has 0 aliphatic carbocycles. The Labute approximate surface area is 165 Å². The van der Waals surface area contributed by atoms with Crippen molar-refractivity contribution in [2.24, 2.45) is 0 Å². The zero-order valence-corrected chi connectivity index (χ0v) is 17.6. The number of hydrogen-bond donors (Lipinski definition) is 0. The van der Waals surface area contributed by atoms with Crippen molar-refractivity contribution in [3.05, 3.63) is 23.3 Å². The van der Waals surface area contributed by atoms with Crippen molar-refractivity contribution in [3.8, 4) is 11.5 Å². The molecule has 1 aromatic rings. The van der Waals surface area contributed by atoms with Crippen LogP contribution in [-0.4, -0.2) is 39.8 Å². The van der Waals surface area contributed by atoms with E-state index in [1.807, 2.05) is 6.07 Å². The summed E-state index contributed by atoms with van der Waals surface area (Å²) in [6.07, 6.45) is 4.38. The largest absolute Gasteiger partial charge is 0.454 e. The predicted molar refractivity (Wildman–Crippen MR) is 92.8 cm³/mol. The molecule has 6 heteroatoms. The van der Waals surface area contributed by atoms with Crippen LogP contribution < -0.4 is 9.47 Å². The van der Waals surface area contributed by atoms with Crippen LogP contribution >= 0.6 is 0 Å². The molecule has 5 nitrogen and oxygen atoms in total. The molecule has 0 fully saturated rings. The minimum absolute atomic E-state index is 0. The number of ether oxygens (including phenoxy) is 5. The summed E-state index contributed by atoms with van der Waals surface area (Å²) in [4.78, 5) is 0. The van der Waals surface area contributed by atoms with Crippen LogP contribution in [0.2, 0.25) is 0 Å². The molecule has 0 N–H and O–H groups in total. The molecule has 0 aromatic heterocycles. The first-order valence-electron chi connectivity index (χ1n) is 8.99. The zero-order chi connectivity index (χ0) is 17.0. The van der Waals surface area contributed by atoms with E-state index in [0.717, 1.165) is 43.8 Å². The van der Waals surface area contributed by atoms with Crippen molar-refractivity contribution < 1.29 is 44.7 Å². The molecule has 0 bridgehead atoms. The van der Waals surface area contributed by atoms with Gasteiger partial charge in [0.25, 0.3) is 0 Å². The van der Waals surface area contributed by atoms with Crippen molar-refractivity contribution in [1.82, 2.24) is 0 Å². The van der Waals surface area contributed by atoms with E-state index < -0.39 is 0 Å². The van der Waals surface area contributed by atoms with Crippen LogP contribution in [0.25, 0.3) is 0 Å². The molecular weight excluding hydrogens is 503 g/mol. The minimum Gasteiger partial charge on any atom is -0.454 e. The van der Waals surface area contributed by atoms with Gasteiger partial charge in [-0.2, -0.15) is 0 Å². The molecule has 146 valence electrons.